The molecule has 156 valence electrons. The van der Waals surface area contributed by atoms with Gasteiger partial charge in [-0.25, -0.2) is 29.9 Å². The average Bonchev–Trinajstić information content (AvgIpc) is 2.67. The largest absolute Gasteiger partial charge is 0.367 e. The van der Waals surface area contributed by atoms with Gasteiger partial charge in [0.25, 0.3) is 0 Å². The van der Waals surface area contributed by atoms with Crippen molar-refractivity contribution < 1.29 is 0 Å². The van der Waals surface area contributed by atoms with E-state index in [0.717, 1.165) is 39.4 Å². The minimum atomic E-state index is -0.0217. The molecule has 0 amide bonds. The zero-order valence-corrected chi connectivity index (χ0v) is 18.3. The third kappa shape index (κ3) is 5.56. The quantitative estimate of drug-likeness (QED) is 0.518. The van der Waals surface area contributed by atoms with E-state index in [9.17, 15) is 0 Å². The number of fused-ring (bicyclic) bond motifs is 2. The van der Waals surface area contributed by atoms with Gasteiger partial charge in [-0.15, -0.1) is 0 Å². The lowest BCUT2D eigenvalue weighted by Gasteiger charge is -2.21. The zero-order valence-electron chi connectivity index (χ0n) is 18.3. The molecule has 0 fully saturated rings. The van der Waals surface area contributed by atoms with E-state index in [-0.39, 0.29) is 5.54 Å². The molecule has 8 nitrogen and oxygen atoms in total. The van der Waals surface area contributed by atoms with Gasteiger partial charge in [-0.2, -0.15) is 0 Å². The molecule has 30 heavy (non-hydrogen) atoms. The predicted molar refractivity (Wildman–Crippen MR) is 122 cm³/mol. The van der Waals surface area contributed by atoms with Gasteiger partial charge in [0.05, 0.1) is 10.8 Å². The van der Waals surface area contributed by atoms with Gasteiger partial charge in [0, 0.05) is 23.5 Å². The molecule has 0 saturated carbocycles. The fraction of sp³-hybridized carbons (Fsp3) is 0.364. The Morgan fingerprint density at radius 2 is 1.47 bits per heavy atom. The highest BCUT2D eigenvalue weighted by molar-refractivity contribution is 5.86. The lowest BCUT2D eigenvalue weighted by molar-refractivity contribution is 0.631. The first-order valence-corrected chi connectivity index (χ1v) is 9.92. The number of aromatic nitrogens is 6. The van der Waals surface area contributed by atoms with Crippen molar-refractivity contribution in [1.29, 1.82) is 0 Å². The van der Waals surface area contributed by atoms with Crippen molar-refractivity contribution >= 4 is 33.7 Å². The van der Waals surface area contributed by atoms with Crippen LogP contribution in [0.25, 0.3) is 22.1 Å². The third-order valence-corrected chi connectivity index (χ3v) is 3.96. The number of rotatable bonds is 3. The molecular formula is C22H28N8. The Balaban J connectivity index is 0.000000172. The molecule has 4 rings (SSSR count). The predicted octanol–water partition coefficient (Wildman–Crippen LogP) is 4.39. The molecular weight excluding hydrogens is 376 g/mol. The van der Waals surface area contributed by atoms with Crippen LogP contribution in [0, 0.1) is 6.92 Å². The van der Waals surface area contributed by atoms with Gasteiger partial charge in [0.15, 0.2) is 11.3 Å². The van der Waals surface area contributed by atoms with Crippen LogP contribution in [-0.4, -0.2) is 41.5 Å². The summed E-state index contributed by atoms with van der Waals surface area (Å²) in [6.07, 6.45) is 4.80. The smallest absolute Gasteiger partial charge is 0.164 e. The van der Waals surface area contributed by atoms with E-state index in [1.165, 1.54) is 6.33 Å². The van der Waals surface area contributed by atoms with Crippen LogP contribution in [0.2, 0.25) is 0 Å². The van der Waals surface area contributed by atoms with Crippen LogP contribution in [-0.2, 0) is 0 Å². The van der Waals surface area contributed by atoms with Crippen molar-refractivity contribution in [3.8, 4) is 0 Å². The molecule has 4 heterocycles. The normalized spacial score (nSPS) is 11.3. The van der Waals surface area contributed by atoms with Crippen LogP contribution in [0.1, 0.15) is 40.3 Å². The molecule has 4 aromatic rings. The summed E-state index contributed by atoms with van der Waals surface area (Å²) in [4.78, 5) is 25.2. The molecule has 0 radical (unpaired) electrons. The molecule has 0 aromatic carbocycles. The monoisotopic (exact) mass is 404 g/mol. The maximum absolute atomic E-state index is 4.38. The Bertz CT molecular complexity index is 1130. The van der Waals surface area contributed by atoms with Gasteiger partial charge in [0.1, 0.15) is 24.3 Å². The molecule has 8 heteroatoms. The molecule has 0 saturated heterocycles. The van der Waals surface area contributed by atoms with Gasteiger partial charge in [-0.1, -0.05) is 0 Å². The second-order valence-electron chi connectivity index (χ2n) is 8.32. The first kappa shape index (κ1) is 21.3. The van der Waals surface area contributed by atoms with E-state index in [4.69, 9.17) is 0 Å². The molecule has 0 atom stereocenters. The molecule has 0 aliphatic rings. The van der Waals surface area contributed by atoms with Crippen LogP contribution >= 0.6 is 0 Å². The van der Waals surface area contributed by atoms with Gasteiger partial charge in [-0.05, 0) is 65.8 Å². The number of hydrogen-bond acceptors (Lipinski definition) is 8. The Hall–Kier alpha value is -3.42. The summed E-state index contributed by atoms with van der Waals surface area (Å²) in [5, 5.41) is 8.53. The van der Waals surface area contributed by atoms with Gasteiger partial charge < -0.3 is 10.6 Å². The second-order valence-corrected chi connectivity index (χ2v) is 8.32. The standard InChI is InChI=1S/C12H16N4.C10H12N4/c1-8-5-6-9-10(15-8)13-7-14-11(9)16-12(2,3)4;1-7(2)14-10-8-4-3-5-11-9(8)12-6-13-10/h5-7H,1-4H3,(H,13,14,15,16);3-7H,1-2H3,(H,11,12,13,14). The summed E-state index contributed by atoms with van der Waals surface area (Å²) in [5.74, 6) is 1.68. The van der Waals surface area contributed by atoms with Crippen LogP contribution < -0.4 is 10.6 Å². The highest BCUT2D eigenvalue weighted by Crippen LogP contribution is 2.21. The maximum atomic E-state index is 4.38. The van der Waals surface area contributed by atoms with Gasteiger partial charge >= 0.3 is 0 Å². The number of pyridine rings is 2. The molecule has 0 bridgehead atoms. The van der Waals surface area contributed by atoms with E-state index in [1.807, 2.05) is 31.2 Å². The van der Waals surface area contributed by atoms with Crippen LogP contribution in [0.4, 0.5) is 11.6 Å². The van der Waals surface area contributed by atoms with E-state index in [1.54, 1.807) is 12.5 Å². The maximum Gasteiger partial charge on any atom is 0.164 e. The minimum absolute atomic E-state index is 0.0217. The summed E-state index contributed by atoms with van der Waals surface area (Å²) in [6.45, 7) is 12.4. The molecule has 0 spiro atoms. The SMILES string of the molecule is CC(C)Nc1ncnc2ncccc12.Cc1ccc2c(NC(C)(C)C)ncnc2n1. The highest BCUT2D eigenvalue weighted by atomic mass is 15.1. The van der Waals surface area contributed by atoms with Crippen molar-refractivity contribution in [3.63, 3.8) is 0 Å². The molecule has 0 aliphatic carbocycles. The minimum Gasteiger partial charge on any atom is -0.367 e. The molecule has 0 unspecified atom stereocenters. The summed E-state index contributed by atoms with van der Waals surface area (Å²) in [7, 11) is 0. The van der Waals surface area contributed by atoms with Crippen molar-refractivity contribution in [2.75, 3.05) is 10.6 Å². The Morgan fingerprint density at radius 3 is 2.17 bits per heavy atom. The topological polar surface area (TPSA) is 101 Å². The fourth-order valence-electron chi connectivity index (χ4n) is 2.78. The fourth-order valence-corrected chi connectivity index (χ4v) is 2.78. The molecule has 4 aromatic heterocycles. The van der Waals surface area contributed by atoms with Gasteiger partial charge in [0.2, 0.25) is 0 Å². The summed E-state index contributed by atoms with van der Waals surface area (Å²) >= 11 is 0. The van der Waals surface area contributed by atoms with E-state index < -0.39 is 0 Å². The lowest BCUT2D eigenvalue weighted by Crippen LogP contribution is -2.26. The molecule has 2 N–H and O–H groups in total. The van der Waals surface area contributed by atoms with E-state index >= 15 is 0 Å². The Morgan fingerprint density at radius 1 is 0.800 bits per heavy atom. The highest BCUT2D eigenvalue weighted by Gasteiger charge is 2.13. The number of hydrogen-bond donors (Lipinski definition) is 2. The zero-order chi connectivity index (χ0) is 21.7. The first-order valence-electron chi connectivity index (χ1n) is 9.92. The first-order chi connectivity index (χ1) is 14.2. The van der Waals surface area contributed by atoms with Crippen molar-refractivity contribution in [2.24, 2.45) is 0 Å². The third-order valence-electron chi connectivity index (χ3n) is 3.96. The van der Waals surface area contributed by atoms with Crippen LogP contribution in [0.3, 0.4) is 0 Å². The van der Waals surface area contributed by atoms with Crippen LogP contribution in [0.15, 0.2) is 43.1 Å². The Labute approximate surface area is 176 Å². The summed E-state index contributed by atoms with van der Waals surface area (Å²) in [6, 6.07) is 8.18. The average molecular weight is 405 g/mol. The Kier molecular flexibility index (Phi) is 6.34. The number of nitrogens with one attached hydrogen (secondary N) is 2. The van der Waals surface area contributed by atoms with Gasteiger partial charge in [-0.3, -0.25) is 0 Å². The molecule has 0 aliphatic heterocycles. The summed E-state index contributed by atoms with van der Waals surface area (Å²) < 4.78 is 0. The number of anilines is 2. The lowest BCUT2D eigenvalue weighted by atomic mass is 10.1. The summed E-state index contributed by atoms with van der Waals surface area (Å²) in [5.41, 5.74) is 2.41. The van der Waals surface area contributed by atoms with E-state index in [2.05, 4.69) is 75.2 Å². The second kappa shape index (κ2) is 8.94. The number of aryl methyl sites for hydroxylation is 1. The van der Waals surface area contributed by atoms with Crippen LogP contribution in [0.5, 0.6) is 0 Å². The van der Waals surface area contributed by atoms with Crippen molar-refractivity contribution in [3.05, 3.63) is 48.8 Å². The van der Waals surface area contributed by atoms with E-state index in [0.29, 0.717) is 6.04 Å². The number of nitrogens with zero attached hydrogens (tertiary/aromatic N) is 6. The van der Waals surface area contributed by atoms with Crippen molar-refractivity contribution in [2.45, 2.75) is 53.1 Å². The van der Waals surface area contributed by atoms with Crippen molar-refractivity contribution in [1.82, 2.24) is 29.9 Å².